The van der Waals surface area contributed by atoms with Crippen LogP contribution in [0.3, 0.4) is 0 Å². The molecule has 0 unspecified atom stereocenters. The summed E-state index contributed by atoms with van der Waals surface area (Å²) in [5.41, 5.74) is 1.72. The Morgan fingerprint density at radius 2 is 1.94 bits per heavy atom. The summed E-state index contributed by atoms with van der Waals surface area (Å²) in [6.45, 7) is 6.28. The molecular formula is C14H21NO2. The van der Waals surface area contributed by atoms with Crippen molar-refractivity contribution in [3.63, 3.8) is 0 Å². The maximum absolute atomic E-state index is 11.1. The molecule has 0 aliphatic carbocycles. The van der Waals surface area contributed by atoms with Gasteiger partial charge in [-0.3, -0.25) is 9.69 Å². The maximum Gasteiger partial charge on any atom is 0.323 e. The summed E-state index contributed by atoms with van der Waals surface area (Å²) in [4.78, 5) is 13.0. The van der Waals surface area contributed by atoms with E-state index >= 15 is 0 Å². The number of likely N-dealkylation sites (N-methyl/N-ethyl adjacent to an activating group) is 1. The summed E-state index contributed by atoms with van der Waals surface area (Å²) in [5.74, 6) is -0.787. The van der Waals surface area contributed by atoms with Crippen LogP contribution in [0.1, 0.15) is 25.0 Å². The lowest BCUT2D eigenvalue weighted by molar-refractivity contribution is -0.148. The molecule has 0 spiro atoms. The fraction of sp³-hybridized carbons (Fsp3) is 0.500. The predicted molar refractivity (Wildman–Crippen MR) is 69.2 cm³/mol. The zero-order chi connectivity index (χ0) is 13.1. The number of hydrogen-bond acceptors (Lipinski definition) is 2. The first-order valence-corrected chi connectivity index (χ1v) is 5.85. The van der Waals surface area contributed by atoms with Crippen molar-refractivity contribution in [1.82, 2.24) is 4.90 Å². The summed E-state index contributed by atoms with van der Waals surface area (Å²) in [5, 5.41) is 9.12. The fourth-order valence-corrected chi connectivity index (χ4v) is 1.62. The number of carbonyl (C=O) groups is 1. The first-order chi connectivity index (χ1) is 7.85. The molecule has 94 valence electrons. The monoisotopic (exact) mass is 235 g/mol. The van der Waals surface area contributed by atoms with E-state index in [4.69, 9.17) is 5.11 Å². The molecule has 0 aromatic heterocycles. The first kappa shape index (κ1) is 13.7. The minimum atomic E-state index is -0.817. The highest BCUT2D eigenvalue weighted by Gasteiger charge is 2.31. The van der Waals surface area contributed by atoms with Gasteiger partial charge in [0.15, 0.2) is 0 Å². The SMILES string of the molecule is Cc1ccccc1CCN(C)C(C)(C)C(=O)O. The van der Waals surface area contributed by atoms with Gasteiger partial charge in [0.05, 0.1) is 0 Å². The normalized spacial score (nSPS) is 11.8. The number of benzene rings is 1. The van der Waals surface area contributed by atoms with E-state index in [1.54, 1.807) is 13.8 Å². The van der Waals surface area contributed by atoms with Crippen LogP contribution in [0.15, 0.2) is 24.3 Å². The van der Waals surface area contributed by atoms with E-state index in [-0.39, 0.29) is 0 Å². The van der Waals surface area contributed by atoms with Crippen molar-refractivity contribution in [2.24, 2.45) is 0 Å². The van der Waals surface area contributed by atoms with Crippen LogP contribution in [0, 0.1) is 6.92 Å². The molecule has 1 N–H and O–H groups in total. The molecule has 3 nitrogen and oxygen atoms in total. The molecule has 1 rings (SSSR count). The Morgan fingerprint density at radius 1 is 1.35 bits per heavy atom. The lowest BCUT2D eigenvalue weighted by atomic mass is 10.0. The van der Waals surface area contributed by atoms with Crippen molar-refractivity contribution in [3.8, 4) is 0 Å². The fourth-order valence-electron chi connectivity index (χ4n) is 1.62. The zero-order valence-electron chi connectivity index (χ0n) is 11.0. The molecule has 3 heteroatoms. The topological polar surface area (TPSA) is 40.5 Å². The van der Waals surface area contributed by atoms with Crippen LogP contribution in [0.5, 0.6) is 0 Å². The minimum absolute atomic E-state index is 0.740. The lowest BCUT2D eigenvalue weighted by Gasteiger charge is -2.31. The van der Waals surface area contributed by atoms with Crippen LogP contribution in [-0.2, 0) is 11.2 Å². The van der Waals surface area contributed by atoms with Gasteiger partial charge in [-0.25, -0.2) is 0 Å². The van der Waals surface area contributed by atoms with E-state index in [1.807, 2.05) is 24.1 Å². The molecule has 0 saturated heterocycles. The zero-order valence-corrected chi connectivity index (χ0v) is 11.0. The Kier molecular flexibility index (Phi) is 4.29. The molecule has 0 heterocycles. The molecule has 1 aromatic carbocycles. The van der Waals surface area contributed by atoms with Gasteiger partial charge in [-0.2, -0.15) is 0 Å². The van der Waals surface area contributed by atoms with Gasteiger partial charge in [-0.1, -0.05) is 24.3 Å². The molecule has 17 heavy (non-hydrogen) atoms. The number of carboxylic acids is 1. The third kappa shape index (κ3) is 3.30. The van der Waals surface area contributed by atoms with Gasteiger partial charge < -0.3 is 5.11 Å². The molecule has 1 aromatic rings. The summed E-state index contributed by atoms with van der Waals surface area (Å²) in [6, 6.07) is 8.21. The maximum atomic E-state index is 11.1. The summed E-state index contributed by atoms with van der Waals surface area (Å²) in [6.07, 6.45) is 0.875. The third-order valence-corrected chi connectivity index (χ3v) is 3.46. The molecule has 0 bridgehead atoms. The van der Waals surface area contributed by atoms with Gasteiger partial charge in [-0.05, 0) is 45.4 Å². The van der Waals surface area contributed by atoms with E-state index in [2.05, 4.69) is 19.1 Å². The van der Waals surface area contributed by atoms with Crippen LogP contribution in [0.4, 0.5) is 0 Å². The Hall–Kier alpha value is -1.35. The number of nitrogens with zero attached hydrogens (tertiary/aromatic N) is 1. The lowest BCUT2D eigenvalue weighted by Crippen LogP contribution is -2.48. The summed E-state index contributed by atoms with van der Waals surface area (Å²) >= 11 is 0. The van der Waals surface area contributed by atoms with E-state index < -0.39 is 11.5 Å². The van der Waals surface area contributed by atoms with Crippen LogP contribution in [0.2, 0.25) is 0 Å². The molecular weight excluding hydrogens is 214 g/mol. The van der Waals surface area contributed by atoms with E-state index in [0.717, 1.165) is 13.0 Å². The van der Waals surface area contributed by atoms with Crippen molar-refractivity contribution < 1.29 is 9.90 Å². The van der Waals surface area contributed by atoms with Crippen LogP contribution in [-0.4, -0.2) is 35.1 Å². The average molecular weight is 235 g/mol. The average Bonchev–Trinajstić information content (AvgIpc) is 2.27. The summed E-state index contributed by atoms with van der Waals surface area (Å²) in [7, 11) is 1.85. The molecule has 0 radical (unpaired) electrons. The quantitative estimate of drug-likeness (QED) is 0.851. The summed E-state index contributed by atoms with van der Waals surface area (Å²) < 4.78 is 0. The molecule has 0 amide bonds. The Morgan fingerprint density at radius 3 is 2.47 bits per heavy atom. The molecule has 0 aliphatic rings. The molecule has 0 aliphatic heterocycles. The first-order valence-electron chi connectivity index (χ1n) is 5.85. The van der Waals surface area contributed by atoms with E-state index in [1.165, 1.54) is 11.1 Å². The Labute approximate surface area is 103 Å². The van der Waals surface area contributed by atoms with Gasteiger partial charge >= 0.3 is 5.97 Å². The third-order valence-electron chi connectivity index (χ3n) is 3.46. The second-order valence-electron chi connectivity index (χ2n) is 4.96. The van der Waals surface area contributed by atoms with Crippen molar-refractivity contribution >= 4 is 5.97 Å². The van der Waals surface area contributed by atoms with Gasteiger partial charge in [-0.15, -0.1) is 0 Å². The highest BCUT2D eigenvalue weighted by Crippen LogP contribution is 2.14. The number of aryl methyl sites for hydroxylation is 1. The van der Waals surface area contributed by atoms with E-state index in [0.29, 0.717) is 0 Å². The number of rotatable bonds is 5. The smallest absolute Gasteiger partial charge is 0.323 e. The van der Waals surface area contributed by atoms with Crippen LogP contribution >= 0.6 is 0 Å². The highest BCUT2D eigenvalue weighted by atomic mass is 16.4. The van der Waals surface area contributed by atoms with Gasteiger partial charge in [0.25, 0.3) is 0 Å². The predicted octanol–water partition coefficient (Wildman–Crippen LogP) is 2.33. The van der Waals surface area contributed by atoms with Crippen molar-refractivity contribution in [2.45, 2.75) is 32.7 Å². The van der Waals surface area contributed by atoms with Gasteiger partial charge in [0.1, 0.15) is 5.54 Å². The largest absolute Gasteiger partial charge is 0.480 e. The highest BCUT2D eigenvalue weighted by molar-refractivity contribution is 5.77. The molecule has 0 fully saturated rings. The second kappa shape index (κ2) is 5.32. The standard InChI is InChI=1S/C14H21NO2/c1-11-7-5-6-8-12(11)9-10-15(4)14(2,3)13(16)17/h5-8H,9-10H2,1-4H3,(H,16,17). The molecule has 0 saturated carbocycles. The van der Waals surface area contributed by atoms with Crippen LogP contribution < -0.4 is 0 Å². The minimum Gasteiger partial charge on any atom is -0.480 e. The van der Waals surface area contributed by atoms with E-state index in [9.17, 15) is 4.79 Å². The second-order valence-corrected chi connectivity index (χ2v) is 4.96. The van der Waals surface area contributed by atoms with Crippen molar-refractivity contribution in [2.75, 3.05) is 13.6 Å². The molecule has 0 atom stereocenters. The van der Waals surface area contributed by atoms with Gasteiger partial charge in [0, 0.05) is 6.54 Å². The van der Waals surface area contributed by atoms with Crippen molar-refractivity contribution in [3.05, 3.63) is 35.4 Å². The number of aliphatic carboxylic acids is 1. The van der Waals surface area contributed by atoms with Gasteiger partial charge in [0.2, 0.25) is 0 Å². The Bertz CT molecular complexity index is 399. The number of hydrogen-bond donors (Lipinski definition) is 1. The number of carboxylic acid groups (broad SMARTS) is 1. The van der Waals surface area contributed by atoms with Crippen molar-refractivity contribution in [1.29, 1.82) is 0 Å². The van der Waals surface area contributed by atoms with Crippen LogP contribution in [0.25, 0.3) is 0 Å². The Balaban J connectivity index is 2.63.